The van der Waals surface area contributed by atoms with E-state index in [1.54, 1.807) is 0 Å². The second-order valence-corrected chi connectivity index (χ2v) is 23.9. The molecule has 0 aliphatic carbocycles. The van der Waals surface area contributed by atoms with Gasteiger partial charge < -0.3 is 36.3 Å². The quantitative estimate of drug-likeness (QED) is 0.134. The molecule has 0 N–H and O–H groups in total. The summed E-state index contributed by atoms with van der Waals surface area (Å²) < 4.78 is 39.3. The van der Waals surface area contributed by atoms with Gasteiger partial charge in [-0.3, -0.25) is 0 Å². The average molecular weight is 1160 g/mol. The van der Waals surface area contributed by atoms with Gasteiger partial charge in [-0.15, -0.1) is 0 Å². The maximum absolute atomic E-state index is 6.92. The maximum atomic E-state index is 6.92. The Morgan fingerprint density at radius 1 is 0.222 bits per heavy atom. The Kier molecular flexibility index (Phi) is 11.4. The Hall–Kier alpha value is -11.7. The van der Waals surface area contributed by atoms with Crippen LogP contribution in [0.15, 0.2) is 281 Å². The van der Waals surface area contributed by atoms with E-state index in [0.29, 0.717) is 0 Å². The van der Waals surface area contributed by atoms with E-state index >= 15 is 0 Å². The lowest BCUT2D eigenvalue weighted by molar-refractivity contribution is 0.630. The molecule has 8 nitrogen and oxygen atoms in total. The van der Waals surface area contributed by atoms with Crippen LogP contribution in [0.4, 0.5) is 34.1 Å². The number of aryl methyl sites for hydroxylation is 4. The third-order valence-electron chi connectivity index (χ3n) is 18.1. The van der Waals surface area contributed by atoms with Crippen LogP contribution in [0.5, 0.6) is 0 Å². The lowest BCUT2D eigenvalue weighted by Crippen LogP contribution is -2.12. The van der Waals surface area contributed by atoms with Crippen LogP contribution >= 0.6 is 0 Å². The zero-order chi connectivity index (χ0) is 59.9. The minimum Gasteiger partial charge on any atom is -0.456 e. The van der Waals surface area contributed by atoms with Crippen LogP contribution in [0.2, 0.25) is 0 Å². The molecule has 6 heterocycles. The summed E-state index contributed by atoms with van der Waals surface area (Å²) in [7, 11) is 0. The van der Waals surface area contributed by atoms with Crippen molar-refractivity contribution in [2.75, 3.05) is 9.80 Å². The van der Waals surface area contributed by atoms with Gasteiger partial charge in [0.2, 0.25) is 0 Å². The molecule has 0 amide bonds. The first-order chi connectivity index (χ1) is 44.1. The number of nitrogens with zero attached hydrogens (tertiary/aromatic N) is 2. The molecule has 0 saturated carbocycles. The summed E-state index contributed by atoms with van der Waals surface area (Å²) in [5, 5.41) is 10.5. The number of para-hydroxylation sites is 4. The fourth-order valence-corrected chi connectivity index (χ4v) is 13.5. The monoisotopic (exact) mass is 1160 g/mol. The highest BCUT2D eigenvalue weighted by molar-refractivity contribution is 6.16. The fraction of sp³-hybridized carbons (Fsp3) is 0.0488. The highest BCUT2D eigenvalue weighted by atomic mass is 16.4. The Morgan fingerprint density at radius 2 is 0.556 bits per heavy atom. The predicted molar refractivity (Wildman–Crippen MR) is 368 cm³/mol. The molecular weight excluding hydrogens is 1110 g/mol. The number of benzene rings is 12. The van der Waals surface area contributed by atoms with Crippen LogP contribution in [-0.2, 0) is 0 Å². The zero-order valence-corrected chi connectivity index (χ0v) is 49.6. The van der Waals surface area contributed by atoms with Crippen LogP contribution in [-0.4, -0.2) is 0 Å². The molecule has 428 valence electrons. The number of furan rings is 6. The largest absolute Gasteiger partial charge is 0.456 e. The van der Waals surface area contributed by atoms with Crippen molar-refractivity contribution in [3.63, 3.8) is 0 Å². The van der Waals surface area contributed by atoms with E-state index in [0.717, 1.165) is 200 Å². The normalized spacial score (nSPS) is 12.0. The molecule has 0 bridgehead atoms. The lowest BCUT2D eigenvalue weighted by atomic mass is 9.99. The molecule has 0 aliphatic rings. The molecule has 0 fully saturated rings. The molecule has 0 unspecified atom stereocenters. The summed E-state index contributed by atoms with van der Waals surface area (Å²) in [5.41, 5.74) is 21.2. The third kappa shape index (κ3) is 8.44. The van der Waals surface area contributed by atoms with Gasteiger partial charge in [0.15, 0.2) is 0 Å². The average Bonchev–Trinajstić information content (AvgIpc) is 1.73. The first-order valence-electron chi connectivity index (χ1n) is 30.4. The van der Waals surface area contributed by atoms with Gasteiger partial charge in [0.25, 0.3) is 0 Å². The standard InChI is InChI=1S/C82H54N2O6/c1-47-35-69(49(3)33-65(47)77-41-55-15-7-11-19-73(55)87-77)83(59-25-21-51(22-26-59)75-39-53-13-5-9-17-71(53)85-75)61-29-31-63-67-37-57-44-80-68(38-58(57)43-79(67)89-81(63)45-61)64-32-30-62(46-82(64)90-80)84(60-27-23-52(24-28-60)76-40-54-14-6-10-18-72(54)86-76)70-36-48(2)66(34-50(70)4)78-42-56-16-8-12-20-74(56)88-78/h5-46H,1-4H3. The van der Waals surface area contributed by atoms with E-state index in [9.17, 15) is 0 Å². The van der Waals surface area contributed by atoms with Crippen molar-refractivity contribution in [2.45, 2.75) is 27.7 Å². The van der Waals surface area contributed by atoms with E-state index in [-0.39, 0.29) is 0 Å². The molecular formula is C82H54N2O6. The first-order valence-corrected chi connectivity index (χ1v) is 30.4. The Labute approximate surface area is 516 Å². The molecule has 18 aromatic rings. The molecule has 0 radical (unpaired) electrons. The van der Waals surface area contributed by atoms with Crippen LogP contribution < -0.4 is 9.80 Å². The number of anilines is 6. The summed E-state index contributed by atoms with van der Waals surface area (Å²) in [5.74, 6) is 3.35. The Bertz CT molecular complexity index is 5430. The van der Waals surface area contributed by atoms with E-state index in [1.807, 2.05) is 72.8 Å². The molecule has 0 aliphatic heterocycles. The van der Waals surface area contributed by atoms with Gasteiger partial charge in [0, 0.05) is 112 Å². The second-order valence-electron chi connectivity index (χ2n) is 23.9. The number of fused-ring (bicyclic) bond motifs is 11. The molecule has 6 aromatic heterocycles. The number of hydrogen-bond acceptors (Lipinski definition) is 8. The van der Waals surface area contributed by atoms with Gasteiger partial charge in [-0.05, 0) is 231 Å². The summed E-state index contributed by atoms with van der Waals surface area (Å²) in [4.78, 5) is 4.64. The number of rotatable bonds is 10. The summed E-state index contributed by atoms with van der Waals surface area (Å²) in [6.07, 6.45) is 0. The van der Waals surface area contributed by atoms with Gasteiger partial charge in [0.05, 0.1) is 0 Å². The molecule has 8 heteroatoms. The highest BCUT2D eigenvalue weighted by Crippen LogP contribution is 2.47. The van der Waals surface area contributed by atoms with Crippen LogP contribution in [0.3, 0.4) is 0 Å². The van der Waals surface area contributed by atoms with E-state index < -0.39 is 0 Å². The van der Waals surface area contributed by atoms with Gasteiger partial charge in [0.1, 0.15) is 67.7 Å². The molecule has 12 aromatic carbocycles. The zero-order valence-electron chi connectivity index (χ0n) is 49.6. The van der Waals surface area contributed by atoms with Crippen LogP contribution in [0, 0.1) is 27.7 Å². The smallest absolute Gasteiger partial charge is 0.137 e. The molecule has 0 spiro atoms. The topological polar surface area (TPSA) is 85.3 Å². The highest BCUT2D eigenvalue weighted by Gasteiger charge is 2.24. The molecule has 18 rings (SSSR count). The van der Waals surface area contributed by atoms with Crippen molar-refractivity contribution < 1.29 is 26.5 Å². The van der Waals surface area contributed by atoms with Crippen molar-refractivity contribution in [3.05, 3.63) is 277 Å². The van der Waals surface area contributed by atoms with Gasteiger partial charge >= 0.3 is 0 Å². The molecule has 0 atom stereocenters. The van der Waals surface area contributed by atoms with Gasteiger partial charge in [-0.2, -0.15) is 0 Å². The Morgan fingerprint density at radius 3 is 0.933 bits per heavy atom. The van der Waals surface area contributed by atoms with Crippen molar-refractivity contribution in [2.24, 2.45) is 0 Å². The van der Waals surface area contributed by atoms with Crippen molar-refractivity contribution in [3.8, 4) is 45.3 Å². The Balaban J connectivity index is 0.718. The van der Waals surface area contributed by atoms with Crippen molar-refractivity contribution in [1.82, 2.24) is 0 Å². The maximum Gasteiger partial charge on any atom is 0.137 e. The first kappa shape index (κ1) is 51.5. The van der Waals surface area contributed by atoms with E-state index in [4.69, 9.17) is 26.5 Å². The van der Waals surface area contributed by atoms with Crippen LogP contribution in [0.1, 0.15) is 22.3 Å². The number of hydrogen-bond donors (Lipinski definition) is 0. The van der Waals surface area contributed by atoms with E-state index in [1.165, 1.54) is 0 Å². The molecule has 0 saturated heterocycles. The van der Waals surface area contributed by atoms with Gasteiger partial charge in [-0.25, -0.2) is 0 Å². The predicted octanol–water partition coefficient (Wildman–Crippen LogP) is 24.5. The molecule has 90 heavy (non-hydrogen) atoms. The van der Waals surface area contributed by atoms with Crippen molar-refractivity contribution in [1.29, 1.82) is 0 Å². The summed E-state index contributed by atoms with van der Waals surface area (Å²) >= 11 is 0. The fourth-order valence-electron chi connectivity index (χ4n) is 13.5. The SMILES string of the molecule is Cc1cc(N(c2ccc(-c3cc4ccccc4o3)cc2)c2ccc3c(c2)oc2cc4cc5c(cc4cc23)oc2cc(N(c3ccc(-c4cc6ccccc6o4)cc3)c3cc(C)c(-c4cc6ccccc6o4)cc3C)ccc25)c(C)cc1-c1cc2ccccc2o1. The summed E-state index contributed by atoms with van der Waals surface area (Å²) in [6.45, 7) is 8.66. The lowest BCUT2D eigenvalue weighted by Gasteiger charge is -2.28. The summed E-state index contributed by atoms with van der Waals surface area (Å²) in [6, 6.07) is 89.3. The minimum atomic E-state index is 0.792. The van der Waals surface area contributed by atoms with E-state index in [2.05, 4.69) is 219 Å². The van der Waals surface area contributed by atoms with Crippen molar-refractivity contribution >= 4 is 133 Å². The van der Waals surface area contributed by atoms with Crippen LogP contribution in [0.25, 0.3) is 144 Å². The minimum absolute atomic E-state index is 0.792. The second kappa shape index (κ2) is 19.9. The third-order valence-corrected chi connectivity index (χ3v) is 18.1. The van der Waals surface area contributed by atoms with Gasteiger partial charge in [-0.1, -0.05) is 72.8 Å².